The van der Waals surface area contributed by atoms with Crippen LogP contribution in [0.3, 0.4) is 0 Å². The first kappa shape index (κ1) is 30.5. The molecule has 5 heteroatoms. The second-order valence-electron chi connectivity index (χ2n) is 16.6. The summed E-state index contributed by atoms with van der Waals surface area (Å²) in [7, 11) is -4.29. The van der Waals surface area contributed by atoms with Crippen LogP contribution >= 0.6 is 0 Å². The summed E-state index contributed by atoms with van der Waals surface area (Å²) in [5, 5.41) is 12.4. The highest BCUT2D eigenvalue weighted by Gasteiger charge is 2.61. The SMILES string of the molecule is CCC1=CC[C@H]2C3=CC=C4C[C@@](O)(O[Si](C)(C)C(C)(C)C)CC(O[Si](C)(C)C(C)(C)C)[C@]4(C)[C@H]3CC[C@]12C. The Kier molecular flexibility index (Phi) is 7.44. The van der Waals surface area contributed by atoms with Crippen LogP contribution in [0.4, 0.5) is 0 Å². The van der Waals surface area contributed by atoms with Gasteiger partial charge in [0, 0.05) is 18.3 Å². The molecule has 0 amide bonds. The molecule has 6 atom stereocenters. The number of aliphatic hydroxyl groups is 1. The summed E-state index contributed by atoms with van der Waals surface area (Å²) in [5.74, 6) is -0.110. The van der Waals surface area contributed by atoms with Crippen LogP contribution in [0.2, 0.25) is 36.3 Å². The highest BCUT2D eigenvalue weighted by molar-refractivity contribution is 6.74. The van der Waals surface area contributed by atoms with E-state index in [-0.39, 0.29) is 21.6 Å². The Labute approximate surface area is 236 Å². The van der Waals surface area contributed by atoms with Gasteiger partial charge in [0.15, 0.2) is 22.4 Å². The summed E-state index contributed by atoms with van der Waals surface area (Å²) in [6.07, 6.45) is 13.3. The molecule has 0 aromatic rings. The molecule has 1 unspecified atom stereocenters. The molecule has 4 rings (SSSR count). The third-order valence-electron chi connectivity index (χ3n) is 12.3. The largest absolute Gasteiger partial charge is 0.413 e. The number of rotatable bonds is 5. The van der Waals surface area contributed by atoms with E-state index in [1.54, 1.807) is 11.1 Å². The second kappa shape index (κ2) is 9.27. The lowest BCUT2D eigenvalue weighted by Gasteiger charge is -2.60. The maximum absolute atomic E-state index is 12.2. The summed E-state index contributed by atoms with van der Waals surface area (Å²) in [6, 6.07) is 0. The fourth-order valence-corrected chi connectivity index (χ4v) is 10.5. The van der Waals surface area contributed by atoms with Crippen molar-refractivity contribution in [2.24, 2.45) is 22.7 Å². The van der Waals surface area contributed by atoms with Crippen molar-refractivity contribution in [3.05, 3.63) is 34.9 Å². The molecule has 3 nitrogen and oxygen atoms in total. The van der Waals surface area contributed by atoms with E-state index in [1.807, 2.05) is 0 Å². The van der Waals surface area contributed by atoms with Gasteiger partial charge < -0.3 is 14.0 Å². The Balaban J connectivity index is 1.78. The van der Waals surface area contributed by atoms with Gasteiger partial charge in [-0.05, 0) is 79.2 Å². The van der Waals surface area contributed by atoms with Gasteiger partial charge in [0.25, 0.3) is 0 Å². The van der Waals surface area contributed by atoms with Crippen molar-refractivity contribution in [3.8, 4) is 0 Å². The molecule has 0 aliphatic heterocycles. The predicted molar refractivity (Wildman–Crippen MR) is 166 cm³/mol. The van der Waals surface area contributed by atoms with Crippen molar-refractivity contribution in [1.29, 1.82) is 0 Å². The van der Waals surface area contributed by atoms with E-state index >= 15 is 0 Å². The zero-order chi connectivity index (χ0) is 28.7. The van der Waals surface area contributed by atoms with E-state index in [0.717, 1.165) is 6.42 Å². The van der Waals surface area contributed by atoms with Crippen LogP contribution in [0.25, 0.3) is 0 Å². The molecule has 0 aromatic carbocycles. The number of allylic oxidation sites excluding steroid dienone is 5. The van der Waals surface area contributed by atoms with Gasteiger partial charge in [-0.1, -0.05) is 97.3 Å². The summed E-state index contributed by atoms with van der Waals surface area (Å²) in [4.78, 5) is 0. The number of hydrogen-bond donors (Lipinski definition) is 1. The molecule has 0 saturated heterocycles. The summed E-state index contributed by atoms with van der Waals surface area (Å²) < 4.78 is 14.2. The van der Waals surface area contributed by atoms with Crippen molar-refractivity contribution in [2.45, 2.75) is 149 Å². The summed E-state index contributed by atoms with van der Waals surface area (Å²) in [5.41, 5.74) is 4.84. The minimum absolute atomic E-state index is 0.0353. The Morgan fingerprint density at radius 1 is 0.947 bits per heavy atom. The van der Waals surface area contributed by atoms with Crippen LogP contribution in [0.1, 0.15) is 101 Å². The lowest BCUT2D eigenvalue weighted by molar-refractivity contribution is -0.198. The van der Waals surface area contributed by atoms with Crippen molar-refractivity contribution in [2.75, 3.05) is 0 Å². The van der Waals surface area contributed by atoms with Crippen molar-refractivity contribution in [3.63, 3.8) is 0 Å². The molecule has 0 radical (unpaired) electrons. The first-order chi connectivity index (χ1) is 17.1. The van der Waals surface area contributed by atoms with E-state index in [4.69, 9.17) is 8.85 Å². The normalized spacial score (nSPS) is 38.1. The molecular formula is C33H58O3Si2. The van der Waals surface area contributed by atoms with E-state index < -0.39 is 22.4 Å². The van der Waals surface area contributed by atoms with Crippen molar-refractivity contribution >= 4 is 16.6 Å². The molecule has 2 fully saturated rings. The Hall–Kier alpha value is -0.466. The molecule has 0 spiro atoms. The maximum Gasteiger partial charge on any atom is 0.195 e. The van der Waals surface area contributed by atoms with E-state index in [1.165, 1.54) is 24.8 Å². The molecule has 216 valence electrons. The van der Waals surface area contributed by atoms with E-state index in [0.29, 0.717) is 30.1 Å². The molecule has 0 bridgehead atoms. The third kappa shape index (κ3) is 4.74. The smallest absolute Gasteiger partial charge is 0.195 e. The molecule has 1 N–H and O–H groups in total. The van der Waals surface area contributed by atoms with Crippen LogP contribution in [0.5, 0.6) is 0 Å². The van der Waals surface area contributed by atoms with E-state index in [2.05, 4.69) is 107 Å². The van der Waals surface area contributed by atoms with Crippen LogP contribution in [-0.4, -0.2) is 33.6 Å². The van der Waals surface area contributed by atoms with Crippen molar-refractivity contribution in [1.82, 2.24) is 0 Å². The standard InChI is InChI=1S/C33H58O3Si2/c1-14-23-16-18-26-25-17-15-24-21-33(34,36-38(12,13)30(5,6)7)22-28(35-37(10,11)29(2,3)4)32(24,9)27(25)19-20-31(23,26)8/h15-17,26-28,34H,14,18-22H2,1-13H3/t26-,27-,28?,31+,32-,33+/m0/s1. The van der Waals surface area contributed by atoms with Gasteiger partial charge >= 0.3 is 0 Å². The average molecular weight is 559 g/mol. The average Bonchev–Trinajstić information content (AvgIpc) is 3.08. The predicted octanol–water partition coefficient (Wildman–Crippen LogP) is 9.53. The molecular weight excluding hydrogens is 501 g/mol. The van der Waals surface area contributed by atoms with Gasteiger partial charge in [-0.2, -0.15) is 0 Å². The minimum atomic E-state index is -2.19. The van der Waals surface area contributed by atoms with Gasteiger partial charge in [-0.3, -0.25) is 0 Å². The summed E-state index contributed by atoms with van der Waals surface area (Å²) >= 11 is 0. The van der Waals surface area contributed by atoms with Gasteiger partial charge in [-0.15, -0.1) is 0 Å². The van der Waals surface area contributed by atoms with Crippen LogP contribution in [0, 0.1) is 22.7 Å². The highest BCUT2D eigenvalue weighted by Crippen LogP contribution is 2.65. The number of hydrogen-bond acceptors (Lipinski definition) is 3. The molecule has 38 heavy (non-hydrogen) atoms. The van der Waals surface area contributed by atoms with Gasteiger partial charge in [-0.25, -0.2) is 0 Å². The lowest BCUT2D eigenvalue weighted by atomic mass is 9.49. The maximum atomic E-state index is 12.2. The van der Waals surface area contributed by atoms with Gasteiger partial charge in [0.1, 0.15) is 0 Å². The third-order valence-corrected chi connectivity index (χ3v) is 21.3. The Morgan fingerprint density at radius 3 is 2.11 bits per heavy atom. The fourth-order valence-electron chi connectivity index (χ4n) is 7.65. The van der Waals surface area contributed by atoms with E-state index in [9.17, 15) is 5.11 Å². The fraction of sp³-hybridized carbons (Fsp3) is 0.818. The lowest BCUT2D eigenvalue weighted by Crippen LogP contribution is -2.62. The first-order valence-corrected chi connectivity index (χ1v) is 21.1. The Bertz CT molecular complexity index is 1040. The molecule has 2 saturated carbocycles. The monoisotopic (exact) mass is 558 g/mol. The summed E-state index contributed by atoms with van der Waals surface area (Å²) in [6.45, 7) is 30.3. The topological polar surface area (TPSA) is 38.7 Å². The Morgan fingerprint density at radius 2 is 1.55 bits per heavy atom. The molecule has 4 aliphatic carbocycles. The van der Waals surface area contributed by atoms with Gasteiger partial charge in [0.2, 0.25) is 0 Å². The van der Waals surface area contributed by atoms with Crippen molar-refractivity contribution < 1.29 is 14.0 Å². The highest BCUT2D eigenvalue weighted by atomic mass is 28.4. The second-order valence-corrected chi connectivity index (χ2v) is 26.1. The van der Waals surface area contributed by atoms with Crippen LogP contribution < -0.4 is 0 Å². The minimum Gasteiger partial charge on any atom is -0.413 e. The quantitative estimate of drug-likeness (QED) is 0.207. The molecule has 0 aromatic heterocycles. The van der Waals surface area contributed by atoms with Gasteiger partial charge in [0.05, 0.1) is 6.10 Å². The van der Waals surface area contributed by atoms with Crippen LogP contribution in [0.15, 0.2) is 34.9 Å². The van der Waals surface area contributed by atoms with Crippen LogP contribution in [-0.2, 0) is 8.85 Å². The number of fused-ring (bicyclic) bond motifs is 5. The first-order valence-electron chi connectivity index (χ1n) is 15.3. The molecule has 0 heterocycles. The zero-order valence-corrected chi connectivity index (χ0v) is 29.0. The zero-order valence-electron chi connectivity index (χ0n) is 27.0. The molecule has 4 aliphatic rings.